The molecule has 0 bridgehead atoms. The van der Waals surface area contributed by atoms with Crippen molar-refractivity contribution in [3.8, 4) is 11.5 Å². The minimum absolute atomic E-state index is 0.0250. The van der Waals surface area contributed by atoms with E-state index in [0.717, 1.165) is 23.4 Å². The van der Waals surface area contributed by atoms with Crippen LogP contribution in [-0.4, -0.2) is 15.5 Å². The second-order valence-corrected chi connectivity index (χ2v) is 6.66. The highest BCUT2D eigenvalue weighted by Gasteiger charge is 2.20. The Hall–Kier alpha value is -2.35. The fourth-order valence-electron chi connectivity index (χ4n) is 2.55. The minimum Gasteiger partial charge on any atom is -0.421 e. The Bertz CT molecular complexity index is 946. The summed E-state index contributed by atoms with van der Waals surface area (Å²) in [5.41, 5.74) is 0.725. The van der Waals surface area contributed by atoms with Crippen LogP contribution in [-0.2, 0) is 12.8 Å². The van der Waals surface area contributed by atoms with Crippen LogP contribution in [0.3, 0.4) is 0 Å². The molecule has 0 aliphatic carbocycles. The summed E-state index contributed by atoms with van der Waals surface area (Å²) in [5, 5.41) is 11.2. The standard InChI is InChI=1S/C19H17BrF3N3O/c1-2-11-5-8-15(14(22)10-11)24-18-12(6-7-13(21)17(18)23)19-26-25-16(27-19)4-3-9-20/h5-8,10,24H,2-4,9H2,1H3. The zero-order valence-corrected chi connectivity index (χ0v) is 16.1. The van der Waals surface area contributed by atoms with E-state index in [2.05, 4.69) is 31.4 Å². The number of halogens is 4. The van der Waals surface area contributed by atoms with E-state index >= 15 is 0 Å². The normalized spacial score (nSPS) is 11.0. The topological polar surface area (TPSA) is 51.0 Å². The van der Waals surface area contributed by atoms with Gasteiger partial charge in [-0.25, -0.2) is 13.2 Å². The highest BCUT2D eigenvalue weighted by atomic mass is 79.9. The number of aromatic nitrogens is 2. The molecule has 27 heavy (non-hydrogen) atoms. The van der Waals surface area contributed by atoms with Crippen LogP contribution in [0.1, 0.15) is 24.8 Å². The lowest BCUT2D eigenvalue weighted by Crippen LogP contribution is -2.02. The SMILES string of the molecule is CCc1ccc(Nc2c(-c3nnc(CCCBr)o3)ccc(F)c2F)c(F)c1. The number of benzene rings is 2. The van der Waals surface area contributed by atoms with Gasteiger partial charge in [0.2, 0.25) is 11.8 Å². The highest BCUT2D eigenvalue weighted by molar-refractivity contribution is 9.09. The van der Waals surface area contributed by atoms with E-state index in [1.807, 2.05) is 6.92 Å². The summed E-state index contributed by atoms with van der Waals surface area (Å²) in [6.45, 7) is 1.90. The second kappa shape index (κ2) is 8.56. The lowest BCUT2D eigenvalue weighted by atomic mass is 10.1. The molecule has 1 heterocycles. The van der Waals surface area contributed by atoms with Crippen LogP contribution in [0, 0.1) is 17.5 Å². The van der Waals surface area contributed by atoms with Crippen molar-refractivity contribution in [1.29, 1.82) is 0 Å². The predicted molar refractivity (Wildman–Crippen MR) is 101 cm³/mol. The summed E-state index contributed by atoms with van der Waals surface area (Å²) >= 11 is 3.32. The molecule has 3 aromatic rings. The summed E-state index contributed by atoms with van der Waals surface area (Å²) in [4.78, 5) is 0. The average molecular weight is 440 g/mol. The number of nitrogens with one attached hydrogen (secondary N) is 1. The van der Waals surface area contributed by atoms with Crippen molar-refractivity contribution in [2.75, 3.05) is 10.6 Å². The molecule has 0 saturated heterocycles. The molecule has 0 aliphatic heterocycles. The summed E-state index contributed by atoms with van der Waals surface area (Å²) < 4.78 is 48.1. The first-order chi connectivity index (χ1) is 13.0. The van der Waals surface area contributed by atoms with Gasteiger partial charge in [0, 0.05) is 11.8 Å². The first kappa shape index (κ1) is 19.4. The molecule has 3 rings (SSSR count). The molecule has 0 aliphatic rings. The quantitative estimate of drug-likeness (QED) is 0.473. The van der Waals surface area contributed by atoms with Gasteiger partial charge in [-0.05, 0) is 42.7 Å². The number of rotatable bonds is 7. The molecular formula is C19H17BrF3N3O. The lowest BCUT2D eigenvalue weighted by molar-refractivity contribution is 0.498. The average Bonchev–Trinajstić information content (AvgIpc) is 3.14. The number of nitrogens with zero attached hydrogens (tertiary/aromatic N) is 2. The molecule has 8 heteroatoms. The zero-order valence-electron chi connectivity index (χ0n) is 14.5. The van der Waals surface area contributed by atoms with Crippen LogP contribution in [0.4, 0.5) is 24.5 Å². The Morgan fingerprint density at radius 2 is 1.89 bits per heavy atom. The Kier molecular flexibility index (Phi) is 6.15. The number of anilines is 2. The third-order valence-corrected chi connectivity index (χ3v) is 4.58. The molecule has 142 valence electrons. The van der Waals surface area contributed by atoms with Crippen molar-refractivity contribution < 1.29 is 17.6 Å². The molecule has 4 nitrogen and oxygen atoms in total. The largest absolute Gasteiger partial charge is 0.421 e. The van der Waals surface area contributed by atoms with Gasteiger partial charge in [-0.3, -0.25) is 0 Å². The van der Waals surface area contributed by atoms with Gasteiger partial charge in [0.1, 0.15) is 5.82 Å². The van der Waals surface area contributed by atoms with Crippen molar-refractivity contribution in [2.24, 2.45) is 0 Å². The van der Waals surface area contributed by atoms with Crippen molar-refractivity contribution in [2.45, 2.75) is 26.2 Å². The molecule has 1 aromatic heterocycles. The smallest absolute Gasteiger partial charge is 0.249 e. The van der Waals surface area contributed by atoms with Crippen molar-refractivity contribution in [3.05, 3.63) is 59.2 Å². The van der Waals surface area contributed by atoms with Crippen LogP contribution in [0.2, 0.25) is 0 Å². The molecule has 0 unspecified atom stereocenters. The van der Waals surface area contributed by atoms with Gasteiger partial charge >= 0.3 is 0 Å². The van der Waals surface area contributed by atoms with Crippen LogP contribution in [0.15, 0.2) is 34.7 Å². The van der Waals surface area contributed by atoms with Gasteiger partial charge in [-0.2, -0.15) is 0 Å². The van der Waals surface area contributed by atoms with E-state index in [4.69, 9.17) is 4.42 Å². The third-order valence-electron chi connectivity index (χ3n) is 4.02. The van der Waals surface area contributed by atoms with E-state index < -0.39 is 17.5 Å². The molecular weight excluding hydrogens is 423 g/mol. The Labute approximate surface area is 162 Å². The zero-order chi connectivity index (χ0) is 19.4. The summed E-state index contributed by atoms with van der Waals surface area (Å²) in [5.74, 6) is -2.35. The van der Waals surface area contributed by atoms with E-state index in [1.54, 1.807) is 6.07 Å². The number of aryl methyl sites for hydroxylation is 2. The molecule has 0 fully saturated rings. The molecule has 2 aromatic carbocycles. The van der Waals surface area contributed by atoms with Crippen molar-refractivity contribution >= 4 is 27.3 Å². The van der Waals surface area contributed by atoms with Crippen molar-refractivity contribution in [1.82, 2.24) is 10.2 Å². The van der Waals surface area contributed by atoms with E-state index in [9.17, 15) is 13.2 Å². The molecule has 0 radical (unpaired) electrons. The van der Waals surface area contributed by atoms with Gasteiger partial charge < -0.3 is 9.73 Å². The van der Waals surface area contributed by atoms with E-state index in [1.165, 1.54) is 18.2 Å². The maximum absolute atomic E-state index is 14.5. The Morgan fingerprint density at radius 1 is 1.07 bits per heavy atom. The van der Waals surface area contributed by atoms with Gasteiger partial charge in [-0.1, -0.05) is 28.9 Å². The fourth-order valence-corrected chi connectivity index (χ4v) is 2.83. The molecule has 0 spiro atoms. The van der Waals surface area contributed by atoms with Crippen LogP contribution < -0.4 is 5.32 Å². The maximum atomic E-state index is 14.5. The monoisotopic (exact) mass is 439 g/mol. The fraction of sp³-hybridized carbons (Fsp3) is 0.263. The second-order valence-electron chi connectivity index (χ2n) is 5.87. The van der Waals surface area contributed by atoms with Crippen LogP contribution in [0.25, 0.3) is 11.5 Å². The van der Waals surface area contributed by atoms with Gasteiger partial charge in [0.25, 0.3) is 0 Å². The van der Waals surface area contributed by atoms with Crippen molar-refractivity contribution in [3.63, 3.8) is 0 Å². The van der Waals surface area contributed by atoms with Gasteiger partial charge in [-0.15, -0.1) is 10.2 Å². The summed E-state index contributed by atoms with van der Waals surface area (Å²) in [7, 11) is 0. The van der Waals surface area contributed by atoms with E-state index in [-0.39, 0.29) is 22.8 Å². The maximum Gasteiger partial charge on any atom is 0.249 e. The van der Waals surface area contributed by atoms with Crippen LogP contribution in [0.5, 0.6) is 0 Å². The Balaban J connectivity index is 1.99. The predicted octanol–water partition coefficient (Wildman–Crippen LogP) is 5.79. The number of alkyl halides is 1. The highest BCUT2D eigenvalue weighted by Crippen LogP contribution is 2.34. The summed E-state index contributed by atoms with van der Waals surface area (Å²) in [6, 6.07) is 6.84. The minimum atomic E-state index is -1.15. The lowest BCUT2D eigenvalue weighted by Gasteiger charge is -2.13. The Morgan fingerprint density at radius 3 is 2.59 bits per heavy atom. The molecule has 0 saturated carbocycles. The third kappa shape index (κ3) is 4.32. The number of hydrogen-bond donors (Lipinski definition) is 1. The molecule has 0 amide bonds. The molecule has 0 atom stereocenters. The van der Waals surface area contributed by atoms with E-state index in [0.29, 0.717) is 18.7 Å². The first-order valence-electron chi connectivity index (χ1n) is 8.45. The van der Waals surface area contributed by atoms with Gasteiger partial charge in [0.05, 0.1) is 16.9 Å². The summed E-state index contributed by atoms with van der Waals surface area (Å²) in [6.07, 6.45) is 2.01. The molecule has 1 N–H and O–H groups in total. The van der Waals surface area contributed by atoms with Gasteiger partial charge in [0.15, 0.2) is 11.6 Å². The number of hydrogen-bond acceptors (Lipinski definition) is 4. The van der Waals surface area contributed by atoms with Crippen LogP contribution >= 0.6 is 15.9 Å². The first-order valence-corrected chi connectivity index (χ1v) is 9.57.